The standard InChI is InChI=1S/C21H38N.2ClH.Ti/c1-9-15(4)19-14-20(16(5)10-2)21(17(6)11-3)18(19)12-13-22(7)8;;;/h15-17,19H,9-13H2,1-8H3;2*1H;/q;;;+2/p-2. The monoisotopic (exact) mass is 422 g/mol. The molecule has 0 N–H and O–H groups in total. The predicted molar refractivity (Wildman–Crippen MR) is 99.1 cm³/mol. The first-order chi connectivity index (χ1) is 10.8. The van der Waals surface area contributed by atoms with Crippen LogP contribution in [-0.4, -0.2) is 25.5 Å². The van der Waals surface area contributed by atoms with Crippen molar-refractivity contribution in [1.29, 1.82) is 0 Å². The van der Waals surface area contributed by atoms with Gasteiger partial charge in [-0.25, -0.2) is 0 Å². The van der Waals surface area contributed by atoms with Crippen LogP contribution in [0.25, 0.3) is 0 Å². The smallest absolute Gasteiger partial charge is 1.00 e. The second-order valence-electron chi connectivity index (χ2n) is 7.80. The Kier molecular flexibility index (Phi) is 14.5. The maximum Gasteiger partial charge on any atom is -1.00 e. The normalized spacial score (nSPS) is 21.2. The number of hydrogen-bond donors (Lipinski definition) is 0. The van der Waals surface area contributed by atoms with Crippen LogP contribution in [0.1, 0.15) is 67.2 Å². The second-order valence-corrected chi connectivity index (χ2v) is 8.64. The van der Waals surface area contributed by atoms with Gasteiger partial charge in [0.25, 0.3) is 0 Å². The van der Waals surface area contributed by atoms with Gasteiger partial charge in [-0.1, -0.05) is 0 Å². The fourth-order valence-electron chi connectivity index (χ4n) is 3.85. The third-order valence-corrected chi connectivity index (χ3v) is 6.77. The molecule has 1 rings (SSSR count). The molecule has 0 saturated heterocycles. The van der Waals surface area contributed by atoms with Gasteiger partial charge in [-0.15, -0.1) is 0 Å². The van der Waals surface area contributed by atoms with Crippen LogP contribution >= 0.6 is 0 Å². The summed E-state index contributed by atoms with van der Waals surface area (Å²) >= 11 is 2.43. The summed E-state index contributed by atoms with van der Waals surface area (Å²) in [6, 6.07) is 0. The molecule has 4 heteroatoms. The fourth-order valence-corrected chi connectivity index (χ4v) is 5.16. The average Bonchev–Trinajstić information content (AvgIpc) is 2.82. The Hall–Kier alpha value is 0.734. The molecule has 0 bridgehead atoms. The van der Waals surface area contributed by atoms with E-state index >= 15 is 0 Å². The van der Waals surface area contributed by atoms with E-state index in [0.29, 0.717) is 17.8 Å². The fraction of sp³-hybridized carbons (Fsp3) is 0.810. The van der Waals surface area contributed by atoms with Crippen LogP contribution in [-0.2, 0) is 20.4 Å². The molecule has 25 heavy (non-hydrogen) atoms. The van der Waals surface area contributed by atoms with Crippen LogP contribution in [0.15, 0.2) is 20.6 Å². The number of rotatable bonds is 9. The van der Waals surface area contributed by atoms with E-state index in [4.69, 9.17) is 0 Å². The van der Waals surface area contributed by atoms with Gasteiger partial charge in [-0.2, -0.15) is 0 Å². The maximum atomic E-state index is 2.46. The van der Waals surface area contributed by atoms with Gasteiger partial charge in [-0.05, 0) is 0 Å². The molecule has 145 valence electrons. The number of hydrogen-bond acceptors (Lipinski definition) is 1. The largest absolute Gasteiger partial charge is 1.00 e. The Bertz CT molecular complexity index is 457. The van der Waals surface area contributed by atoms with Gasteiger partial charge < -0.3 is 24.8 Å². The summed E-state index contributed by atoms with van der Waals surface area (Å²) in [6.45, 7) is 15.5. The van der Waals surface area contributed by atoms with Gasteiger partial charge in [0, 0.05) is 0 Å². The molecule has 0 aromatic heterocycles. The zero-order valence-electron chi connectivity index (χ0n) is 17.5. The van der Waals surface area contributed by atoms with Crippen LogP contribution in [0, 0.1) is 23.7 Å². The van der Waals surface area contributed by atoms with E-state index in [-0.39, 0.29) is 24.8 Å². The molecule has 1 nitrogen and oxygen atoms in total. The zero-order chi connectivity index (χ0) is 17.7. The first kappa shape index (κ1) is 27.9. The van der Waals surface area contributed by atoms with Gasteiger partial charge >= 0.3 is 157 Å². The summed E-state index contributed by atoms with van der Waals surface area (Å²) in [4.78, 5) is 2.34. The van der Waals surface area contributed by atoms with Gasteiger partial charge in [0.2, 0.25) is 0 Å². The molecule has 1 aliphatic carbocycles. The minimum Gasteiger partial charge on any atom is -1.00 e. The van der Waals surface area contributed by atoms with E-state index in [1.165, 1.54) is 32.2 Å². The van der Waals surface area contributed by atoms with Crippen LogP contribution in [0.2, 0.25) is 0 Å². The van der Waals surface area contributed by atoms with Crippen LogP contribution in [0.3, 0.4) is 0 Å². The van der Waals surface area contributed by atoms with Crippen molar-refractivity contribution in [3.63, 3.8) is 0 Å². The van der Waals surface area contributed by atoms with Crippen molar-refractivity contribution in [3.05, 3.63) is 20.6 Å². The third-order valence-electron chi connectivity index (χ3n) is 5.86. The second kappa shape index (κ2) is 13.0. The summed E-state index contributed by atoms with van der Waals surface area (Å²) in [7, 11) is 4.40. The molecule has 4 unspecified atom stereocenters. The van der Waals surface area contributed by atoms with E-state index in [0.717, 1.165) is 5.92 Å². The molecule has 4 atom stereocenters. The Morgan fingerprint density at radius 2 is 1.36 bits per heavy atom. The Morgan fingerprint density at radius 3 is 1.76 bits per heavy atom. The molecule has 0 heterocycles. The Labute approximate surface area is 181 Å². The third kappa shape index (κ3) is 6.68. The van der Waals surface area contributed by atoms with Crippen molar-refractivity contribution in [2.75, 3.05) is 20.6 Å². The van der Waals surface area contributed by atoms with Gasteiger partial charge in [0.15, 0.2) is 0 Å². The Balaban J connectivity index is 0. The number of nitrogens with zero attached hydrogens (tertiary/aromatic N) is 1. The van der Waals surface area contributed by atoms with Crippen LogP contribution in [0.5, 0.6) is 0 Å². The zero-order valence-corrected chi connectivity index (χ0v) is 20.6. The average molecular weight is 423 g/mol. The molecule has 0 fully saturated rings. The van der Waals surface area contributed by atoms with Crippen LogP contribution in [0.4, 0.5) is 0 Å². The van der Waals surface area contributed by atoms with Gasteiger partial charge in [0.05, 0.1) is 0 Å². The van der Waals surface area contributed by atoms with E-state index in [2.05, 4.69) is 81.0 Å². The summed E-state index contributed by atoms with van der Waals surface area (Å²) in [5.41, 5.74) is 5.24. The predicted octanol–water partition coefficient (Wildman–Crippen LogP) is -0.188. The molecule has 0 amide bonds. The van der Waals surface area contributed by atoms with E-state index in [1.54, 1.807) is 20.6 Å². The minimum absolute atomic E-state index is 0. The molecule has 0 aliphatic heterocycles. The summed E-state index contributed by atoms with van der Waals surface area (Å²) in [5.74, 6) is 2.84. The molecule has 1 aliphatic rings. The van der Waals surface area contributed by atoms with Crippen LogP contribution < -0.4 is 24.8 Å². The van der Waals surface area contributed by atoms with Crippen molar-refractivity contribution in [1.82, 2.24) is 4.90 Å². The first-order valence-corrected chi connectivity index (χ1v) is 10.4. The molecule has 0 aromatic rings. The Morgan fingerprint density at radius 1 is 0.880 bits per heavy atom. The van der Waals surface area contributed by atoms with Crippen molar-refractivity contribution < 1.29 is 45.2 Å². The molecule has 0 aromatic carbocycles. The summed E-state index contributed by atoms with van der Waals surface area (Å²) < 4.78 is 1.69. The first-order valence-electron chi connectivity index (χ1n) is 9.63. The SMILES string of the molecule is CCC(C)C1=[C]([Ti+2])C(C(C)CC)C(CCN(C)C)=C1C(C)CC.[Cl-].[Cl-]. The van der Waals surface area contributed by atoms with E-state index in [1.807, 2.05) is 0 Å². The summed E-state index contributed by atoms with van der Waals surface area (Å²) in [5, 5.41) is 0. The molecule has 0 radical (unpaired) electrons. The quantitative estimate of drug-likeness (QED) is 0.465. The minimum atomic E-state index is 0. The van der Waals surface area contributed by atoms with Gasteiger partial charge in [0.1, 0.15) is 0 Å². The van der Waals surface area contributed by atoms with Crippen molar-refractivity contribution in [2.45, 2.75) is 67.2 Å². The van der Waals surface area contributed by atoms with E-state index in [9.17, 15) is 0 Å². The molecule has 0 saturated carbocycles. The molecule has 0 spiro atoms. The molecular weight excluding hydrogens is 385 g/mol. The maximum absolute atomic E-state index is 2.46. The van der Waals surface area contributed by atoms with Crippen molar-refractivity contribution >= 4 is 0 Å². The van der Waals surface area contributed by atoms with E-state index < -0.39 is 0 Å². The molecular formula is C21H38Cl2NTi. The topological polar surface area (TPSA) is 3.24 Å². The number of allylic oxidation sites excluding steroid dienone is 3. The number of halogens is 2. The van der Waals surface area contributed by atoms with Crippen molar-refractivity contribution in [2.24, 2.45) is 23.7 Å². The summed E-state index contributed by atoms with van der Waals surface area (Å²) in [6.07, 6.45) is 5.01. The van der Waals surface area contributed by atoms with Crippen molar-refractivity contribution in [3.8, 4) is 0 Å². The van der Waals surface area contributed by atoms with Gasteiger partial charge in [-0.3, -0.25) is 0 Å².